The van der Waals surface area contributed by atoms with Gasteiger partial charge in [-0.1, -0.05) is 0 Å². The van der Waals surface area contributed by atoms with Gasteiger partial charge in [0.25, 0.3) is 5.91 Å². The van der Waals surface area contributed by atoms with E-state index in [9.17, 15) is 29.5 Å². The van der Waals surface area contributed by atoms with E-state index >= 15 is 0 Å². The molecular weight excluding hydrogens is 366 g/mol. The van der Waals surface area contributed by atoms with Gasteiger partial charge in [-0.05, 0) is 37.0 Å². The quantitative estimate of drug-likeness (QED) is 0.434. The number of piperidine rings is 2. The van der Waals surface area contributed by atoms with Crippen molar-refractivity contribution in [2.75, 3.05) is 24.6 Å². The molecule has 3 heterocycles. The van der Waals surface area contributed by atoms with E-state index in [4.69, 9.17) is 0 Å². The van der Waals surface area contributed by atoms with Gasteiger partial charge in [-0.2, -0.15) is 0 Å². The molecule has 0 bridgehead atoms. The minimum Gasteiger partial charge on any atom is -0.616 e. The maximum atomic E-state index is 13.3. The molecule has 4 amide bonds. The summed E-state index contributed by atoms with van der Waals surface area (Å²) in [6.07, 6.45) is 1.42. The van der Waals surface area contributed by atoms with Crippen LogP contribution in [-0.4, -0.2) is 59.1 Å². The number of imide groups is 2. The van der Waals surface area contributed by atoms with Gasteiger partial charge in [0.05, 0.1) is 11.1 Å². The number of rotatable bonds is 3. The van der Waals surface area contributed by atoms with Gasteiger partial charge < -0.3 is 15.2 Å². The Morgan fingerprint density at radius 3 is 2.39 bits per heavy atom. The Bertz CT molecular complexity index is 876. The van der Waals surface area contributed by atoms with Crippen molar-refractivity contribution in [3.63, 3.8) is 0 Å². The number of nitrogens with one attached hydrogen (secondary N) is 1. The minimum atomic E-state index is -1.90. The maximum Gasteiger partial charge on any atom is 0.355 e. The molecule has 9 nitrogen and oxygen atoms in total. The predicted molar refractivity (Wildman–Crippen MR) is 96.9 cm³/mol. The highest BCUT2D eigenvalue weighted by atomic mass is 16.6. The normalized spacial score (nSPS) is 28.5. The molecule has 2 atom stereocenters. The molecule has 0 aromatic heterocycles. The topological polar surface area (TPSA) is 127 Å². The Kier molecular flexibility index (Phi) is 4.53. The molecule has 2 N–H and O–H groups in total. The van der Waals surface area contributed by atoms with Crippen LogP contribution in [0, 0.1) is 11.1 Å². The molecule has 0 saturated carbocycles. The van der Waals surface area contributed by atoms with Gasteiger partial charge in [-0.25, -0.2) is 14.2 Å². The highest BCUT2D eigenvalue weighted by Crippen LogP contribution is 2.36. The van der Waals surface area contributed by atoms with Crippen LogP contribution in [0.1, 0.15) is 46.4 Å². The Morgan fingerprint density at radius 1 is 1.07 bits per heavy atom. The maximum absolute atomic E-state index is 13.3. The molecule has 0 spiro atoms. The highest BCUT2D eigenvalue weighted by Gasteiger charge is 2.56. The number of aliphatic hydroxyl groups excluding tert-OH is 1. The third-order valence-electron chi connectivity index (χ3n) is 5.95. The lowest BCUT2D eigenvalue weighted by Crippen LogP contribution is -2.63. The smallest absolute Gasteiger partial charge is 0.355 e. The molecule has 0 radical (unpaired) electrons. The first kappa shape index (κ1) is 18.7. The third kappa shape index (κ3) is 2.74. The molecule has 28 heavy (non-hydrogen) atoms. The molecule has 1 aromatic carbocycles. The number of hydroxylamine groups is 3. The first-order valence-corrected chi connectivity index (χ1v) is 9.39. The minimum absolute atomic E-state index is 0.0127. The second-order valence-corrected chi connectivity index (χ2v) is 7.58. The van der Waals surface area contributed by atoms with Gasteiger partial charge in [-0.15, -0.1) is 0 Å². The van der Waals surface area contributed by atoms with E-state index in [0.717, 1.165) is 18.5 Å². The molecule has 3 aliphatic rings. The number of hydrogen-bond donors (Lipinski definition) is 2. The van der Waals surface area contributed by atoms with Gasteiger partial charge in [0.15, 0.2) is 6.04 Å². The highest BCUT2D eigenvalue weighted by molar-refractivity contribution is 6.16. The number of nitrogens with zero attached hydrogens (tertiary/aromatic N) is 2. The van der Waals surface area contributed by atoms with Crippen molar-refractivity contribution in [2.24, 2.45) is 5.92 Å². The number of hydrogen-bond acceptors (Lipinski definition) is 7. The van der Waals surface area contributed by atoms with Crippen LogP contribution in [0.15, 0.2) is 18.2 Å². The fourth-order valence-electron chi connectivity index (χ4n) is 4.23. The van der Waals surface area contributed by atoms with Gasteiger partial charge in [0.1, 0.15) is 0 Å². The molecule has 3 aliphatic heterocycles. The van der Waals surface area contributed by atoms with Crippen LogP contribution < -0.4 is 10.2 Å². The van der Waals surface area contributed by atoms with Gasteiger partial charge >= 0.3 is 11.8 Å². The second kappa shape index (κ2) is 6.77. The fourth-order valence-corrected chi connectivity index (χ4v) is 4.23. The first-order valence-electron chi connectivity index (χ1n) is 9.39. The number of quaternary nitrogens is 1. The Balaban J connectivity index is 1.62. The van der Waals surface area contributed by atoms with E-state index in [1.807, 2.05) is 10.2 Å². The predicted octanol–water partition coefficient (Wildman–Crippen LogP) is 0.309. The van der Waals surface area contributed by atoms with Crippen LogP contribution in [0.5, 0.6) is 0 Å². The summed E-state index contributed by atoms with van der Waals surface area (Å²) in [4.78, 5) is 51.2. The van der Waals surface area contributed by atoms with E-state index < -0.39 is 34.3 Å². The summed E-state index contributed by atoms with van der Waals surface area (Å²) in [7, 11) is 0. The van der Waals surface area contributed by atoms with Crippen molar-refractivity contribution < 1.29 is 28.9 Å². The number of aliphatic hydroxyl groups is 1. The third-order valence-corrected chi connectivity index (χ3v) is 5.95. The number of amides is 4. The lowest BCUT2D eigenvalue weighted by Gasteiger charge is -2.39. The van der Waals surface area contributed by atoms with Crippen molar-refractivity contribution >= 4 is 29.3 Å². The van der Waals surface area contributed by atoms with Crippen molar-refractivity contribution in [1.29, 1.82) is 0 Å². The van der Waals surface area contributed by atoms with E-state index in [2.05, 4.69) is 0 Å². The molecular formula is C19H21N3O6. The van der Waals surface area contributed by atoms with E-state index in [1.165, 1.54) is 6.07 Å². The van der Waals surface area contributed by atoms with Crippen molar-refractivity contribution in [3.05, 3.63) is 34.5 Å². The summed E-state index contributed by atoms with van der Waals surface area (Å²) in [6.45, 7) is 1.56. The first-order chi connectivity index (χ1) is 13.4. The van der Waals surface area contributed by atoms with Crippen LogP contribution in [0.2, 0.25) is 0 Å². The van der Waals surface area contributed by atoms with Crippen LogP contribution >= 0.6 is 0 Å². The summed E-state index contributed by atoms with van der Waals surface area (Å²) in [5.74, 6) is -3.06. The Hall–Kier alpha value is -2.62. The summed E-state index contributed by atoms with van der Waals surface area (Å²) in [6, 6.07) is 3.25. The molecule has 2 unspecified atom stereocenters. The zero-order chi connectivity index (χ0) is 20.1. The van der Waals surface area contributed by atoms with Crippen LogP contribution in [0.25, 0.3) is 0 Å². The number of benzene rings is 1. The fraction of sp³-hybridized carbons (Fsp3) is 0.474. The van der Waals surface area contributed by atoms with Gasteiger partial charge in [0, 0.05) is 38.2 Å². The number of fused-ring (bicyclic) bond motifs is 1. The van der Waals surface area contributed by atoms with Crippen molar-refractivity contribution in [2.45, 2.75) is 31.7 Å². The Labute approximate surface area is 161 Å². The lowest BCUT2D eigenvalue weighted by atomic mass is 9.97. The molecule has 2 saturated heterocycles. The van der Waals surface area contributed by atoms with E-state index in [0.29, 0.717) is 13.1 Å². The largest absolute Gasteiger partial charge is 0.616 e. The number of anilines is 1. The molecule has 1 aromatic rings. The van der Waals surface area contributed by atoms with E-state index in [1.54, 1.807) is 12.1 Å². The zero-order valence-corrected chi connectivity index (χ0v) is 15.2. The van der Waals surface area contributed by atoms with Gasteiger partial charge in [-0.3, -0.25) is 14.9 Å². The zero-order valence-electron chi connectivity index (χ0n) is 15.2. The molecule has 2 fully saturated rings. The Morgan fingerprint density at radius 2 is 1.75 bits per heavy atom. The summed E-state index contributed by atoms with van der Waals surface area (Å²) in [5.41, 5.74) is 0.762. The average molecular weight is 387 g/mol. The molecule has 9 heteroatoms. The SMILES string of the molecule is O=C1CCC([N+]2([O-])C(=O)c3ccc(N4CCC(CO)CC4)cc3C2=O)C(=O)N1. The number of carbonyl (C=O) groups is 4. The lowest BCUT2D eigenvalue weighted by molar-refractivity contribution is -0.728. The van der Waals surface area contributed by atoms with Crippen LogP contribution in [0.3, 0.4) is 0 Å². The van der Waals surface area contributed by atoms with Crippen molar-refractivity contribution in [3.8, 4) is 0 Å². The van der Waals surface area contributed by atoms with Crippen LogP contribution in [0.4, 0.5) is 5.69 Å². The molecule has 4 rings (SSSR count). The number of carbonyl (C=O) groups excluding carboxylic acids is 4. The summed E-state index contributed by atoms with van der Waals surface area (Å²) >= 11 is 0. The standard InChI is InChI=1S/C19H21N3O6/c23-10-11-5-7-21(8-6-11)12-1-2-13-14(9-12)19(27)22(28,18(13)26)15-3-4-16(24)20-17(15)25/h1-2,9,11,15,23H,3-8,10H2,(H,20,24,25). The summed E-state index contributed by atoms with van der Waals surface area (Å²) in [5, 5.41) is 24.6. The summed E-state index contributed by atoms with van der Waals surface area (Å²) < 4.78 is -1.90. The average Bonchev–Trinajstić information content (AvgIpc) is 2.89. The van der Waals surface area contributed by atoms with Gasteiger partial charge in [0.2, 0.25) is 5.91 Å². The van der Waals surface area contributed by atoms with Crippen molar-refractivity contribution in [1.82, 2.24) is 5.32 Å². The van der Waals surface area contributed by atoms with Crippen LogP contribution in [-0.2, 0) is 9.59 Å². The molecule has 0 aliphatic carbocycles. The monoisotopic (exact) mass is 387 g/mol. The van der Waals surface area contributed by atoms with E-state index in [-0.39, 0.29) is 36.5 Å². The molecule has 148 valence electrons. The second-order valence-electron chi connectivity index (χ2n) is 7.58.